The number of nitrogens with zero attached hydrogens (tertiary/aromatic N) is 3. The molecule has 1 amide bonds. The van der Waals surface area contributed by atoms with Gasteiger partial charge in [0, 0.05) is 23.0 Å². The van der Waals surface area contributed by atoms with Crippen molar-refractivity contribution in [2.24, 2.45) is 0 Å². The number of anilines is 1. The van der Waals surface area contributed by atoms with Gasteiger partial charge in [0.1, 0.15) is 5.82 Å². The Hall–Kier alpha value is -2.29. The second kappa shape index (κ2) is 6.44. The fourth-order valence-electron chi connectivity index (χ4n) is 1.65. The Morgan fingerprint density at radius 3 is 2.95 bits per heavy atom. The molecule has 1 aromatic carbocycles. The second-order valence-corrected chi connectivity index (χ2v) is 5.09. The number of nitro groups is 1. The quantitative estimate of drug-likeness (QED) is 0.633. The van der Waals surface area contributed by atoms with Crippen LogP contribution in [0.5, 0.6) is 0 Å². The van der Waals surface area contributed by atoms with Gasteiger partial charge in [-0.3, -0.25) is 20.0 Å². The zero-order valence-electron chi connectivity index (χ0n) is 11.1. The van der Waals surface area contributed by atoms with E-state index in [9.17, 15) is 14.9 Å². The third kappa shape index (κ3) is 3.63. The highest BCUT2D eigenvalue weighted by Crippen LogP contribution is 2.27. The summed E-state index contributed by atoms with van der Waals surface area (Å²) in [6.07, 6.45) is 1.58. The van der Waals surface area contributed by atoms with Crippen molar-refractivity contribution in [2.75, 3.05) is 5.32 Å². The third-order valence-electron chi connectivity index (χ3n) is 2.63. The summed E-state index contributed by atoms with van der Waals surface area (Å²) in [5.74, 6) is 0.0902. The molecule has 2 rings (SSSR count). The molecule has 0 saturated heterocycles. The number of aryl methyl sites for hydroxylation is 1. The molecule has 0 aliphatic carbocycles. The minimum Gasteiger partial charge on any atom is -0.318 e. The molecule has 0 bridgehead atoms. The van der Waals surface area contributed by atoms with Gasteiger partial charge < -0.3 is 5.32 Å². The summed E-state index contributed by atoms with van der Waals surface area (Å²) in [5, 5.41) is 19.8. The fraction of sp³-hybridized carbons (Fsp3) is 0.250. The molecule has 0 fully saturated rings. The van der Waals surface area contributed by atoms with Crippen LogP contribution in [-0.2, 0) is 6.42 Å². The monoisotopic (exact) mass is 353 g/mol. The Kier molecular flexibility index (Phi) is 4.63. The molecule has 110 valence electrons. The van der Waals surface area contributed by atoms with Crippen LogP contribution in [0.4, 0.5) is 11.4 Å². The molecular weight excluding hydrogens is 342 g/mol. The molecule has 2 aromatic rings. The fourth-order valence-corrected chi connectivity index (χ4v) is 1.99. The van der Waals surface area contributed by atoms with Gasteiger partial charge in [-0.15, -0.1) is 5.10 Å². The van der Waals surface area contributed by atoms with E-state index in [1.54, 1.807) is 0 Å². The zero-order chi connectivity index (χ0) is 15.4. The van der Waals surface area contributed by atoms with E-state index in [4.69, 9.17) is 0 Å². The van der Waals surface area contributed by atoms with Crippen molar-refractivity contribution in [1.29, 1.82) is 0 Å². The number of hydrogen-bond acceptors (Lipinski definition) is 5. The molecule has 2 N–H and O–H groups in total. The van der Waals surface area contributed by atoms with Gasteiger partial charge in [0.25, 0.3) is 11.6 Å². The molecule has 0 aliphatic rings. The molecule has 21 heavy (non-hydrogen) atoms. The predicted octanol–water partition coefficient (Wildman–Crippen LogP) is 2.68. The molecule has 9 heteroatoms. The first-order valence-electron chi connectivity index (χ1n) is 6.17. The predicted molar refractivity (Wildman–Crippen MR) is 79.1 cm³/mol. The largest absolute Gasteiger partial charge is 0.318 e. The van der Waals surface area contributed by atoms with Crippen LogP contribution in [0, 0.1) is 10.1 Å². The minimum atomic E-state index is -0.533. The average Bonchev–Trinajstić information content (AvgIpc) is 2.90. The molecule has 1 aromatic heterocycles. The van der Waals surface area contributed by atoms with Crippen LogP contribution >= 0.6 is 15.9 Å². The van der Waals surface area contributed by atoms with Crippen LogP contribution in [0.2, 0.25) is 0 Å². The molecule has 0 atom stereocenters. The first-order chi connectivity index (χ1) is 10.0. The SMILES string of the molecule is CCCc1nc(C(=O)Nc2cc([N+](=O)[O-])ccc2Br)n[nH]1. The highest BCUT2D eigenvalue weighted by atomic mass is 79.9. The molecule has 1 heterocycles. The number of H-pyrrole nitrogens is 1. The van der Waals surface area contributed by atoms with Crippen molar-refractivity contribution in [1.82, 2.24) is 15.2 Å². The normalized spacial score (nSPS) is 10.4. The number of benzene rings is 1. The minimum absolute atomic E-state index is 0.00291. The number of rotatable bonds is 5. The van der Waals surface area contributed by atoms with E-state index in [2.05, 4.69) is 36.4 Å². The van der Waals surface area contributed by atoms with Crippen molar-refractivity contribution in [3.63, 3.8) is 0 Å². The lowest BCUT2D eigenvalue weighted by Crippen LogP contribution is -2.14. The number of hydrogen-bond donors (Lipinski definition) is 2. The molecule has 8 nitrogen and oxygen atoms in total. The maximum absolute atomic E-state index is 12.0. The van der Waals surface area contributed by atoms with Gasteiger partial charge in [0.2, 0.25) is 5.82 Å². The lowest BCUT2D eigenvalue weighted by molar-refractivity contribution is -0.384. The van der Waals surface area contributed by atoms with Crippen molar-refractivity contribution < 1.29 is 9.72 Å². The van der Waals surface area contributed by atoms with Crippen LogP contribution in [0.15, 0.2) is 22.7 Å². The van der Waals surface area contributed by atoms with Gasteiger partial charge in [0.15, 0.2) is 0 Å². The summed E-state index contributed by atoms with van der Waals surface area (Å²) in [6, 6.07) is 4.10. The van der Waals surface area contributed by atoms with Gasteiger partial charge in [-0.05, 0) is 28.4 Å². The van der Waals surface area contributed by atoms with E-state index in [1.807, 2.05) is 6.92 Å². The first kappa shape index (κ1) is 15.1. The summed E-state index contributed by atoms with van der Waals surface area (Å²) >= 11 is 3.22. The van der Waals surface area contributed by atoms with Crippen molar-refractivity contribution in [3.05, 3.63) is 44.4 Å². The van der Waals surface area contributed by atoms with Gasteiger partial charge in [-0.2, -0.15) is 0 Å². The van der Waals surface area contributed by atoms with Crippen LogP contribution in [0.3, 0.4) is 0 Å². The first-order valence-corrected chi connectivity index (χ1v) is 6.97. The van der Waals surface area contributed by atoms with E-state index in [-0.39, 0.29) is 17.2 Å². The highest BCUT2D eigenvalue weighted by Gasteiger charge is 2.16. The van der Waals surface area contributed by atoms with Gasteiger partial charge in [0.05, 0.1) is 10.6 Å². The van der Waals surface area contributed by atoms with E-state index in [0.29, 0.717) is 16.7 Å². The van der Waals surface area contributed by atoms with E-state index in [1.165, 1.54) is 18.2 Å². The standard InChI is InChI=1S/C12H12BrN5O3/c1-2-3-10-15-11(17-16-10)12(19)14-9-6-7(18(20)21)4-5-8(9)13/h4-6H,2-3H2,1H3,(H,14,19)(H,15,16,17). The third-order valence-corrected chi connectivity index (χ3v) is 3.32. The van der Waals surface area contributed by atoms with Gasteiger partial charge >= 0.3 is 0 Å². The van der Waals surface area contributed by atoms with Crippen LogP contribution in [0.25, 0.3) is 0 Å². The molecule has 0 spiro atoms. The number of carbonyl (C=O) groups is 1. The summed E-state index contributed by atoms with van der Waals surface area (Å²) in [5.41, 5.74) is 0.172. The number of carbonyl (C=O) groups excluding carboxylic acids is 1. The molecule has 0 saturated carbocycles. The number of aromatic nitrogens is 3. The van der Waals surface area contributed by atoms with Crippen LogP contribution in [-0.4, -0.2) is 26.0 Å². The lowest BCUT2D eigenvalue weighted by atomic mass is 10.3. The maximum Gasteiger partial charge on any atom is 0.295 e. The van der Waals surface area contributed by atoms with Crippen molar-refractivity contribution in [3.8, 4) is 0 Å². The maximum atomic E-state index is 12.0. The van der Waals surface area contributed by atoms with Crippen LogP contribution in [0.1, 0.15) is 29.8 Å². The summed E-state index contributed by atoms with van der Waals surface area (Å²) in [7, 11) is 0. The number of amides is 1. The zero-order valence-corrected chi connectivity index (χ0v) is 12.7. The second-order valence-electron chi connectivity index (χ2n) is 4.23. The Balaban J connectivity index is 2.18. The van der Waals surface area contributed by atoms with E-state index < -0.39 is 10.8 Å². The molecular formula is C12H12BrN5O3. The Labute approximate surface area is 128 Å². The Bertz CT molecular complexity index is 685. The number of halogens is 1. The highest BCUT2D eigenvalue weighted by molar-refractivity contribution is 9.10. The number of nitro benzene ring substituents is 1. The summed E-state index contributed by atoms with van der Waals surface area (Å²) < 4.78 is 0.533. The van der Waals surface area contributed by atoms with Crippen LogP contribution < -0.4 is 5.32 Å². The van der Waals surface area contributed by atoms with E-state index >= 15 is 0 Å². The van der Waals surface area contributed by atoms with Gasteiger partial charge in [-0.25, -0.2) is 4.98 Å². The number of aromatic amines is 1. The Morgan fingerprint density at radius 2 is 2.29 bits per heavy atom. The topological polar surface area (TPSA) is 114 Å². The van der Waals surface area contributed by atoms with Crippen molar-refractivity contribution >= 4 is 33.2 Å². The van der Waals surface area contributed by atoms with Gasteiger partial charge in [-0.1, -0.05) is 6.92 Å². The lowest BCUT2D eigenvalue weighted by Gasteiger charge is -2.04. The summed E-state index contributed by atoms with van der Waals surface area (Å²) in [4.78, 5) is 26.3. The molecule has 0 aliphatic heterocycles. The smallest absolute Gasteiger partial charge is 0.295 e. The van der Waals surface area contributed by atoms with Crippen molar-refractivity contribution in [2.45, 2.75) is 19.8 Å². The molecule has 0 radical (unpaired) electrons. The molecule has 0 unspecified atom stereocenters. The Morgan fingerprint density at radius 1 is 1.52 bits per heavy atom. The number of non-ortho nitro benzene ring substituents is 1. The average molecular weight is 354 g/mol. The number of nitrogens with one attached hydrogen (secondary N) is 2. The van der Waals surface area contributed by atoms with E-state index in [0.717, 1.165) is 6.42 Å². The summed E-state index contributed by atoms with van der Waals surface area (Å²) in [6.45, 7) is 1.99.